The minimum atomic E-state index is -4.10. The molecule has 0 bridgehead atoms. The van der Waals surface area contributed by atoms with E-state index < -0.39 is 12.1 Å². The zero-order valence-electron chi connectivity index (χ0n) is 11.9. The first-order valence-corrected chi connectivity index (χ1v) is 6.74. The van der Waals surface area contributed by atoms with Crippen molar-refractivity contribution in [2.75, 3.05) is 19.7 Å². The van der Waals surface area contributed by atoms with Gasteiger partial charge in [0.05, 0.1) is 12.5 Å². The fourth-order valence-electron chi connectivity index (χ4n) is 2.59. The number of piperidine rings is 1. The number of alkyl halides is 3. The molecule has 0 saturated carbocycles. The van der Waals surface area contributed by atoms with Gasteiger partial charge >= 0.3 is 6.18 Å². The first-order valence-electron chi connectivity index (χ1n) is 6.74. The Balaban J connectivity index is 2.62. The van der Waals surface area contributed by atoms with Gasteiger partial charge in [0.1, 0.15) is 0 Å². The fourth-order valence-corrected chi connectivity index (χ4v) is 2.59. The summed E-state index contributed by atoms with van der Waals surface area (Å²) in [5.41, 5.74) is 5.95. The Hall–Kier alpha value is -0.330. The van der Waals surface area contributed by atoms with Crippen LogP contribution in [0.5, 0.6) is 0 Å². The molecule has 1 rings (SSSR count). The molecule has 114 valence electrons. The van der Waals surface area contributed by atoms with Crippen LogP contribution in [0, 0.1) is 11.3 Å². The lowest BCUT2D eigenvalue weighted by Crippen LogP contribution is -2.57. The summed E-state index contributed by atoms with van der Waals surface area (Å²) in [6, 6.07) is -0.533. The minimum Gasteiger partial charge on any atom is -0.395 e. The number of nitrogens with two attached hydrogens (primary N) is 1. The van der Waals surface area contributed by atoms with E-state index in [-0.39, 0.29) is 36.9 Å². The highest BCUT2D eigenvalue weighted by Gasteiger charge is 2.43. The van der Waals surface area contributed by atoms with Gasteiger partial charge in [-0.3, -0.25) is 4.90 Å². The normalized spacial score (nSPS) is 23.4. The lowest BCUT2D eigenvalue weighted by molar-refractivity contribution is -0.187. The van der Waals surface area contributed by atoms with E-state index in [2.05, 4.69) is 0 Å². The van der Waals surface area contributed by atoms with E-state index in [1.165, 1.54) is 0 Å². The molecule has 3 nitrogen and oxygen atoms in total. The molecule has 1 saturated heterocycles. The van der Waals surface area contributed by atoms with Crippen molar-refractivity contribution >= 4 is 0 Å². The topological polar surface area (TPSA) is 49.5 Å². The van der Waals surface area contributed by atoms with Gasteiger partial charge < -0.3 is 10.8 Å². The fraction of sp³-hybridized carbons (Fsp3) is 1.00. The molecule has 1 aliphatic heterocycles. The van der Waals surface area contributed by atoms with Gasteiger partial charge in [-0.1, -0.05) is 20.8 Å². The molecule has 6 heteroatoms. The molecule has 19 heavy (non-hydrogen) atoms. The third-order valence-electron chi connectivity index (χ3n) is 4.06. The molecule has 2 unspecified atom stereocenters. The van der Waals surface area contributed by atoms with Crippen LogP contribution < -0.4 is 5.73 Å². The van der Waals surface area contributed by atoms with E-state index in [1.807, 2.05) is 25.7 Å². The van der Waals surface area contributed by atoms with E-state index in [1.54, 1.807) is 0 Å². The van der Waals surface area contributed by atoms with Crippen LogP contribution in [-0.2, 0) is 0 Å². The Labute approximate surface area is 113 Å². The van der Waals surface area contributed by atoms with Gasteiger partial charge in [-0.05, 0) is 31.3 Å². The molecule has 0 spiro atoms. The number of aliphatic hydroxyl groups excluding tert-OH is 1. The van der Waals surface area contributed by atoms with Crippen molar-refractivity contribution in [3.8, 4) is 0 Å². The van der Waals surface area contributed by atoms with Crippen molar-refractivity contribution in [2.45, 2.75) is 51.9 Å². The number of nitrogens with zero attached hydrogens (tertiary/aromatic N) is 1. The van der Waals surface area contributed by atoms with Gasteiger partial charge in [-0.15, -0.1) is 0 Å². The quantitative estimate of drug-likeness (QED) is 0.832. The van der Waals surface area contributed by atoms with Gasteiger partial charge in [-0.2, -0.15) is 13.2 Å². The molecule has 0 aromatic rings. The van der Waals surface area contributed by atoms with Crippen LogP contribution in [0.4, 0.5) is 13.2 Å². The van der Waals surface area contributed by atoms with Gasteiger partial charge in [-0.25, -0.2) is 0 Å². The molecule has 0 aromatic carbocycles. The van der Waals surface area contributed by atoms with E-state index in [9.17, 15) is 18.3 Å². The summed E-state index contributed by atoms with van der Waals surface area (Å²) in [6.07, 6.45) is -3.92. The average Bonchev–Trinajstić information content (AvgIpc) is 2.28. The summed E-state index contributed by atoms with van der Waals surface area (Å²) in [5, 5.41) is 9.49. The number of halogens is 3. The highest BCUT2D eigenvalue weighted by Crippen LogP contribution is 2.35. The molecule has 0 aromatic heterocycles. The second-order valence-electron chi connectivity index (χ2n) is 6.49. The van der Waals surface area contributed by atoms with Gasteiger partial charge in [0.25, 0.3) is 0 Å². The van der Waals surface area contributed by atoms with Gasteiger partial charge in [0, 0.05) is 12.1 Å². The van der Waals surface area contributed by atoms with Crippen molar-refractivity contribution in [1.29, 1.82) is 0 Å². The second-order valence-corrected chi connectivity index (χ2v) is 6.49. The Morgan fingerprint density at radius 3 is 2.00 bits per heavy atom. The first kappa shape index (κ1) is 16.7. The summed E-state index contributed by atoms with van der Waals surface area (Å²) in [6.45, 7) is 6.50. The SMILES string of the molecule is CC(C)(C)C(N)C(CO)N1CCC(C(F)(F)F)CC1. The summed E-state index contributed by atoms with van der Waals surface area (Å²) in [4.78, 5) is 1.90. The van der Waals surface area contributed by atoms with E-state index in [0.29, 0.717) is 13.1 Å². The van der Waals surface area contributed by atoms with Crippen LogP contribution in [-0.4, -0.2) is 48.0 Å². The predicted octanol–water partition coefficient (Wildman–Crippen LogP) is 1.99. The molecular formula is C13H25F3N2O. The molecule has 1 aliphatic rings. The maximum Gasteiger partial charge on any atom is 0.391 e. The molecular weight excluding hydrogens is 257 g/mol. The highest BCUT2D eigenvalue weighted by atomic mass is 19.4. The van der Waals surface area contributed by atoms with Crippen molar-refractivity contribution in [3.05, 3.63) is 0 Å². The van der Waals surface area contributed by atoms with Crippen molar-refractivity contribution in [2.24, 2.45) is 17.1 Å². The van der Waals surface area contributed by atoms with E-state index in [4.69, 9.17) is 5.73 Å². The van der Waals surface area contributed by atoms with Crippen LogP contribution in [0.25, 0.3) is 0 Å². The van der Waals surface area contributed by atoms with Crippen LogP contribution >= 0.6 is 0 Å². The maximum absolute atomic E-state index is 12.6. The summed E-state index contributed by atoms with van der Waals surface area (Å²) < 4.78 is 37.8. The number of hydrogen-bond acceptors (Lipinski definition) is 3. The monoisotopic (exact) mass is 282 g/mol. The second kappa shape index (κ2) is 5.97. The number of aliphatic hydroxyl groups is 1. The molecule has 0 aliphatic carbocycles. The van der Waals surface area contributed by atoms with Crippen LogP contribution in [0.15, 0.2) is 0 Å². The molecule has 1 heterocycles. The summed E-state index contributed by atoms with van der Waals surface area (Å²) in [7, 11) is 0. The Kier molecular flexibility index (Phi) is 5.26. The Bertz CT molecular complexity index is 281. The van der Waals surface area contributed by atoms with Crippen molar-refractivity contribution in [1.82, 2.24) is 4.90 Å². The largest absolute Gasteiger partial charge is 0.395 e. The molecule has 3 N–H and O–H groups in total. The number of rotatable bonds is 3. The maximum atomic E-state index is 12.6. The molecule has 0 amide bonds. The smallest absolute Gasteiger partial charge is 0.391 e. The summed E-state index contributed by atoms with van der Waals surface area (Å²) >= 11 is 0. The highest BCUT2D eigenvalue weighted by molar-refractivity contribution is 4.92. The van der Waals surface area contributed by atoms with Crippen molar-refractivity contribution < 1.29 is 18.3 Å². The Morgan fingerprint density at radius 2 is 1.68 bits per heavy atom. The van der Waals surface area contributed by atoms with Crippen molar-refractivity contribution in [3.63, 3.8) is 0 Å². The molecule has 2 atom stereocenters. The minimum absolute atomic E-state index is 0.0941. The third kappa shape index (κ3) is 4.33. The van der Waals surface area contributed by atoms with E-state index in [0.717, 1.165) is 0 Å². The third-order valence-corrected chi connectivity index (χ3v) is 4.06. The number of likely N-dealkylation sites (tertiary alicyclic amines) is 1. The molecule has 0 radical (unpaired) electrons. The average molecular weight is 282 g/mol. The lowest BCUT2D eigenvalue weighted by atomic mass is 9.81. The first-order chi connectivity index (χ1) is 8.57. The van der Waals surface area contributed by atoms with E-state index >= 15 is 0 Å². The van der Waals surface area contributed by atoms with Gasteiger partial charge in [0.15, 0.2) is 0 Å². The zero-order valence-corrected chi connectivity index (χ0v) is 11.9. The zero-order chi connectivity index (χ0) is 14.8. The van der Waals surface area contributed by atoms with Gasteiger partial charge in [0.2, 0.25) is 0 Å². The Morgan fingerprint density at radius 1 is 1.21 bits per heavy atom. The van der Waals surface area contributed by atoms with Crippen LogP contribution in [0.2, 0.25) is 0 Å². The molecule has 1 fully saturated rings. The van der Waals surface area contributed by atoms with Crippen LogP contribution in [0.1, 0.15) is 33.6 Å². The standard InChI is InChI=1S/C13H25F3N2O/c1-12(2,3)11(17)10(8-19)18-6-4-9(5-7-18)13(14,15)16/h9-11,19H,4-8,17H2,1-3H3. The lowest BCUT2D eigenvalue weighted by Gasteiger charge is -2.43. The number of hydrogen-bond donors (Lipinski definition) is 2. The van der Waals surface area contributed by atoms with Crippen LogP contribution in [0.3, 0.4) is 0 Å². The summed E-state index contributed by atoms with van der Waals surface area (Å²) in [5.74, 6) is -1.21. The predicted molar refractivity (Wildman–Crippen MR) is 68.7 cm³/mol.